The van der Waals surface area contributed by atoms with Gasteiger partial charge >= 0.3 is 12.5 Å². The predicted molar refractivity (Wildman–Crippen MR) is 84.9 cm³/mol. The van der Waals surface area contributed by atoms with Crippen LogP contribution in [0.15, 0.2) is 54.6 Å². The number of hydrogen-bond acceptors (Lipinski definition) is 4. The fraction of sp³-hybridized carbons (Fsp3) is 0.0667. The number of hydrogen-bond donors (Lipinski definition) is 2. The minimum atomic E-state index is -4.76. The van der Waals surface area contributed by atoms with E-state index in [0.717, 1.165) is 12.1 Å². The van der Waals surface area contributed by atoms with E-state index < -0.39 is 12.5 Å². The normalized spacial score (nSPS) is 10.6. The fourth-order valence-corrected chi connectivity index (χ4v) is 1.82. The first-order chi connectivity index (χ1) is 11.3. The Morgan fingerprint density at radius 2 is 1.58 bits per heavy atom. The highest BCUT2D eigenvalue weighted by molar-refractivity contribution is 7.80. The fourth-order valence-electron chi connectivity index (χ4n) is 1.62. The Kier molecular flexibility index (Phi) is 5.59. The van der Waals surface area contributed by atoms with E-state index in [1.165, 1.54) is 12.1 Å². The van der Waals surface area contributed by atoms with Crippen molar-refractivity contribution in [3.63, 3.8) is 0 Å². The molecule has 0 aliphatic heterocycles. The molecule has 0 aliphatic carbocycles. The molecule has 1 amide bonds. The zero-order valence-corrected chi connectivity index (χ0v) is 12.8. The number of alkyl halides is 3. The van der Waals surface area contributed by atoms with E-state index in [2.05, 4.69) is 15.4 Å². The van der Waals surface area contributed by atoms with E-state index >= 15 is 0 Å². The van der Waals surface area contributed by atoms with Crippen LogP contribution in [0.25, 0.3) is 0 Å². The van der Waals surface area contributed by atoms with Crippen LogP contribution in [0, 0.1) is 0 Å². The van der Waals surface area contributed by atoms with Crippen molar-refractivity contribution in [2.75, 3.05) is 5.32 Å². The second-order valence-corrected chi connectivity index (χ2v) is 4.76. The van der Waals surface area contributed by atoms with E-state index in [0.29, 0.717) is 11.4 Å². The lowest BCUT2D eigenvalue weighted by molar-refractivity contribution is -0.274. The third kappa shape index (κ3) is 6.13. The van der Waals surface area contributed by atoms with Crippen molar-refractivity contribution < 1.29 is 27.4 Å². The van der Waals surface area contributed by atoms with Crippen LogP contribution in [-0.4, -0.2) is 17.6 Å². The maximum atomic E-state index is 12.1. The number of nitrogens with one attached hydrogen (secondary N) is 2. The first-order valence-corrected chi connectivity index (χ1v) is 6.93. The average molecular weight is 356 g/mol. The number of amides is 1. The van der Waals surface area contributed by atoms with Crippen molar-refractivity contribution in [3.05, 3.63) is 54.6 Å². The van der Waals surface area contributed by atoms with Crippen molar-refractivity contribution in [2.45, 2.75) is 6.36 Å². The summed E-state index contributed by atoms with van der Waals surface area (Å²) in [5.74, 6) is -0.0260. The van der Waals surface area contributed by atoms with Gasteiger partial charge in [0.15, 0.2) is 5.11 Å². The molecule has 2 rings (SSSR count). The third-order valence-corrected chi connectivity index (χ3v) is 2.72. The van der Waals surface area contributed by atoms with Crippen LogP contribution < -0.4 is 20.1 Å². The van der Waals surface area contributed by atoms with Gasteiger partial charge in [0.25, 0.3) is 0 Å². The van der Waals surface area contributed by atoms with Gasteiger partial charge in [0.05, 0.1) is 0 Å². The van der Waals surface area contributed by atoms with E-state index in [4.69, 9.17) is 17.0 Å². The van der Waals surface area contributed by atoms with Crippen molar-refractivity contribution in [1.29, 1.82) is 0 Å². The summed E-state index contributed by atoms with van der Waals surface area (Å²) in [6.45, 7) is 0. The summed E-state index contributed by atoms with van der Waals surface area (Å²) in [5, 5.41) is 4.84. The number of para-hydroxylation sites is 1. The molecule has 9 heteroatoms. The molecule has 5 nitrogen and oxygen atoms in total. The summed E-state index contributed by atoms with van der Waals surface area (Å²) >= 11 is 4.91. The van der Waals surface area contributed by atoms with Crippen molar-refractivity contribution in [2.24, 2.45) is 0 Å². The summed E-state index contributed by atoms with van der Waals surface area (Å²) in [7, 11) is 0. The van der Waals surface area contributed by atoms with Crippen LogP contribution in [0.5, 0.6) is 11.5 Å². The maximum Gasteiger partial charge on any atom is 0.573 e. The molecule has 0 spiro atoms. The van der Waals surface area contributed by atoms with Gasteiger partial charge in [0.1, 0.15) is 11.5 Å². The second kappa shape index (κ2) is 7.64. The minimum absolute atomic E-state index is 0.0691. The smallest absolute Gasteiger partial charge is 0.410 e. The van der Waals surface area contributed by atoms with Gasteiger partial charge in [0, 0.05) is 5.69 Å². The third-order valence-electron chi connectivity index (χ3n) is 2.52. The molecule has 2 aromatic rings. The van der Waals surface area contributed by atoms with E-state index in [1.807, 2.05) is 0 Å². The van der Waals surface area contributed by atoms with Crippen LogP contribution in [0.1, 0.15) is 0 Å². The molecule has 0 saturated heterocycles. The number of carbonyl (C=O) groups is 1. The van der Waals surface area contributed by atoms with Crippen LogP contribution in [0.3, 0.4) is 0 Å². The first kappa shape index (κ1) is 17.5. The molecule has 0 atom stereocenters. The number of ether oxygens (including phenoxy) is 2. The van der Waals surface area contributed by atoms with Gasteiger partial charge in [-0.25, -0.2) is 4.79 Å². The Bertz CT molecular complexity index is 706. The van der Waals surface area contributed by atoms with Gasteiger partial charge in [0.2, 0.25) is 0 Å². The average Bonchev–Trinajstić information content (AvgIpc) is 2.48. The molecule has 0 aromatic heterocycles. The molecule has 0 bridgehead atoms. The Labute approximate surface area is 140 Å². The van der Waals surface area contributed by atoms with Gasteiger partial charge in [-0.2, -0.15) is 0 Å². The zero-order chi connectivity index (χ0) is 17.6. The molecule has 2 N–H and O–H groups in total. The lowest BCUT2D eigenvalue weighted by Crippen LogP contribution is -2.36. The van der Waals surface area contributed by atoms with E-state index in [-0.39, 0.29) is 10.9 Å². The summed E-state index contributed by atoms with van der Waals surface area (Å²) in [6.07, 6.45) is -5.55. The van der Waals surface area contributed by atoms with Gasteiger partial charge in [-0.3, -0.25) is 5.32 Å². The number of carbonyl (C=O) groups excluding carboxylic acids is 1. The molecule has 0 aliphatic rings. The number of rotatable bonds is 3. The molecule has 0 radical (unpaired) electrons. The minimum Gasteiger partial charge on any atom is -0.410 e. The molecular weight excluding hydrogens is 345 g/mol. The summed E-state index contributed by atoms with van der Waals surface area (Å²) < 4.78 is 44.9. The molecule has 24 heavy (non-hydrogen) atoms. The SMILES string of the molecule is O=C(NC(=S)Nc1ccc(OC(F)(F)F)cc1)Oc1ccccc1. The van der Waals surface area contributed by atoms with Gasteiger partial charge < -0.3 is 14.8 Å². The Hall–Kier alpha value is -2.81. The largest absolute Gasteiger partial charge is 0.573 e. The Balaban J connectivity index is 1.84. The number of benzene rings is 2. The van der Waals surface area contributed by atoms with Crippen LogP contribution in [0.4, 0.5) is 23.7 Å². The standard InChI is InChI=1S/C15H11F3N2O3S/c16-15(17,18)23-12-8-6-10(7-9-12)19-13(24)20-14(21)22-11-4-2-1-3-5-11/h1-9H,(H2,19,20,21,24). The molecular formula is C15H11F3N2O3S. The lowest BCUT2D eigenvalue weighted by atomic mass is 10.3. The highest BCUT2D eigenvalue weighted by atomic mass is 32.1. The molecule has 0 fully saturated rings. The van der Waals surface area contributed by atoms with Crippen molar-refractivity contribution in [1.82, 2.24) is 5.32 Å². The summed E-state index contributed by atoms with van der Waals surface area (Å²) in [6, 6.07) is 13.2. The highest BCUT2D eigenvalue weighted by Crippen LogP contribution is 2.23. The van der Waals surface area contributed by atoms with Crippen LogP contribution in [-0.2, 0) is 0 Å². The van der Waals surface area contributed by atoms with E-state index in [1.54, 1.807) is 30.3 Å². The van der Waals surface area contributed by atoms with Crippen LogP contribution >= 0.6 is 12.2 Å². The van der Waals surface area contributed by atoms with Crippen LogP contribution in [0.2, 0.25) is 0 Å². The molecule has 2 aromatic carbocycles. The number of anilines is 1. The summed E-state index contributed by atoms with van der Waals surface area (Å²) in [5.41, 5.74) is 0.370. The first-order valence-electron chi connectivity index (χ1n) is 6.52. The second-order valence-electron chi connectivity index (χ2n) is 4.35. The highest BCUT2D eigenvalue weighted by Gasteiger charge is 2.30. The molecule has 0 unspecified atom stereocenters. The van der Waals surface area contributed by atoms with Crippen molar-refractivity contribution in [3.8, 4) is 11.5 Å². The maximum absolute atomic E-state index is 12.1. The van der Waals surface area contributed by atoms with Crippen molar-refractivity contribution >= 4 is 29.1 Å². The molecule has 126 valence electrons. The topological polar surface area (TPSA) is 59.6 Å². The van der Waals surface area contributed by atoms with Gasteiger partial charge in [-0.1, -0.05) is 18.2 Å². The quantitative estimate of drug-likeness (QED) is 0.812. The Morgan fingerprint density at radius 3 is 2.17 bits per heavy atom. The molecule has 0 saturated carbocycles. The zero-order valence-electron chi connectivity index (χ0n) is 12.0. The van der Waals surface area contributed by atoms with Gasteiger partial charge in [-0.05, 0) is 48.6 Å². The number of halogens is 3. The molecule has 0 heterocycles. The predicted octanol–water partition coefficient (Wildman–Crippen LogP) is 4.07. The van der Waals surface area contributed by atoms with Gasteiger partial charge in [-0.15, -0.1) is 13.2 Å². The number of thiocarbonyl (C=S) groups is 1. The van der Waals surface area contributed by atoms with E-state index in [9.17, 15) is 18.0 Å². The Morgan fingerprint density at radius 1 is 0.958 bits per heavy atom. The lowest BCUT2D eigenvalue weighted by Gasteiger charge is -2.11. The monoisotopic (exact) mass is 356 g/mol. The summed E-state index contributed by atoms with van der Waals surface area (Å²) in [4.78, 5) is 11.6.